The summed E-state index contributed by atoms with van der Waals surface area (Å²) in [6.07, 6.45) is 1.44. The van der Waals surface area contributed by atoms with Crippen molar-refractivity contribution in [2.45, 2.75) is 25.3 Å². The topological polar surface area (TPSA) is 109 Å². The zero-order chi connectivity index (χ0) is 21.9. The molecule has 0 saturated carbocycles. The van der Waals surface area contributed by atoms with Gasteiger partial charge in [-0.2, -0.15) is 0 Å². The number of para-hydroxylation sites is 1. The van der Waals surface area contributed by atoms with Crippen LogP contribution in [0.3, 0.4) is 0 Å². The molecule has 1 aliphatic heterocycles. The molecule has 0 spiro atoms. The maximum atomic E-state index is 12.6. The van der Waals surface area contributed by atoms with Crippen LogP contribution in [0.15, 0.2) is 65.5 Å². The number of fused-ring (bicyclic) bond motifs is 1. The van der Waals surface area contributed by atoms with Crippen LogP contribution in [0.4, 0.5) is 10.5 Å². The second kappa shape index (κ2) is 8.62. The van der Waals surface area contributed by atoms with Crippen molar-refractivity contribution in [1.29, 1.82) is 0 Å². The van der Waals surface area contributed by atoms with Crippen LogP contribution in [0, 0.1) is 0 Å². The smallest absolute Gasteiger partial charge is 0.321 e. The Bertz CT molecular complexity index is 1280. The molecule has 0 radical (unpaired) electrons. The molecule has 0 atom stereocenters. The van der Waals surface area contributed by atoms with Crippen molar-refractivity contribution in [3.05, 3.63) is 82.4 Å². The minimum atomic E-state index is -0.284. The Kier molecular flexibility index (Phi) is 5.37. The maximum absolute atomic E-state index is 12.6. The van der Waals surface area contributed by atoms with E-state index in [0.717, 1.165) is 24.1 Å². The van der Waals surface area contributed by atoms with Crippen LogP contribution in [0.5, 0.6) is 0 Å². The van der Waals surface area contributed by atoms with Gasteiger partial charge in [-0.25, -0.2) is 14.5 Å². The number of anilines is 1. The van der Waals surface area contributed by atoms with Crippen molar-refractivity contribution < 1.29 is 4.79 Å². The van der Waals surface area contributed by atoms with Crippen LogP contribution in [0.25, 0.3) is 11.2 Å². The average Bonchev–Trinajstić information content (AvgIpc) is 3.23. The predicted molar refractivity (Wildman–Crippen MR) is 120 cm³/mol. The van der Waals surface area contributed by atoms with Gasteiger partial charge in [0.15, 0.2) is 11.2 Å². The van der Waals surface area contributed by atoms with Gasteiger partial charge in [-0.3, -0.25) is 4.79 Å². The van der Waals surface area contributed by atoms with Gasteiger partial charge in [0.25, 0.3) is 5.56 Å². The molecule has 32 heavy (non-hydrogen) atoms. The largest absolute Gasteiger partial charge is 0.324 e. The number of urea groups is 1. The molecule has 4 aromatic rings. The molecule has 3 heterocycles. The van der Waals surface area contributed by atoms with E-state index in [2.05, 4.69) is 20.6 Å². The van der Waals surface area contributed by atoms with Crippen LogP contribution in [-0.2, 0) is 6.54 Å². The first-order chi connectivity index (χ1) is 15.7. The fourth-order valence-electron chi connectivity index (χ4n) is 4.02. The molecule has 1 saturated heterocycles. The van der Waals surface area contributed by atoms with E-state index in [4.69, 9.17) is 4.98 Å². The van der Waals surface area contributed by atoms with Crippen molar-refractivity contribution in [2.75, 3.05) is 18.4 Å². The monoisotopic (exact) mass is 429 g/mol. The van der Waals surface area contributed by atoms with E-state index in [0.29, 0.717) is 31.1 Å². The molecule has 1 fully saturated rings. The highest BCUT2D eigenvalue weighted by Gasteiger charge is 2.26. The number of nitrogens with zero attached hydrogens (tertiary/aromatic N) is 5. The first-order valence-electron chi connectivity index (χ1n) is 10.7. The molecule has 1 aliphatic rings. The Balaban J connectivity index is 1.30. The Morgan fingerprint density at radius 2 is 1.72 bits per heavy atom. The molecule has 0 bridgehead atoms. The molecule has 9 nitrogen and oxygen atoms in total. The van der Waals surface area contributed by atoms with E-state index in [9.17, 15) is 9.59 Å². The minimum absolute atomic E-state index is 0.0629. The summed E-state index contributed by atoms with van der Waals surface area (Å²) in [5.41, 5.74) is 2.27. The normalized spacial score (nSPS) is 14.6. The quantitative estimate of drug-likeness (QED) is 0.518. The van der Waals surface area contributed by atoms with E-state index in [-0.39, 0.29) is 23.0 Å². The van der Waals surface area contributed by atoms with Crippen LogP contribution in [0.2, 0.25) is 0 Å². The number of amides is 2. The number of carbonyl (C=O) groups excluding carboxylic acids is 1. The Hall–Kier alpha value is -4.01. The summed E-state index contributed by atoms with van der Waals surface area (Å²) < 4.78 is 1.66. The fourth-order valence-corrected chi connectivity index (χ4v) is 4.02. The molecule has 0 aliphatic carbocycles. The molecule has 5 rings (SSSR count). The summed E-state index contributed by atoms with van der Waals surface area (Å²) in [7, 11) is 0. The van der Waals surface area contributed by atoms with E-state index in [1.54, 1.807) is 9.58 Å². The van der Waals surface area contributed by atoms with Gasteiger partial charge >= 0.3 is 6.03 Å². The highest BCUT2D eigenvalue weighted by Crippen LogP contribution is 2.26. The zero-order valence-corrected chi connectivity index (χ0v) is 17.4. The second-order valence-electron chi connectivity index (χ2n) is 7.91. The summed E-state index contributed by atoms with van der Waals surface area (Å²) in [6.45, 7) is 1.67. The Labute approximate surface area is 184 Å². The van der Waals surface area contributed by atoms with Gasteiger partial charge in [0, 0.05) is 24.7 Å². The van der Waals surface area contributed by atoms with Crippen LogP contribution >= 0.6 is 0 Å². The Morgan fingerprint density at radius 3 is 2.44 bits per heavy atom. The highest BCUT2D eigenvalue weighted by molar-refractivity contribution is 5.89. The van der Waals surface area contributed by atoms with E-state index in [1.807, 2.05) is 60.7 Å². The van der Waals surface area contributed by atoms with Crippen molar-refractivity contribution in [2.24, 2.45) is 0 Å². The number of aromatic amines is 1. The van der Waals surface area contributed by atoms with Gasteiger partial charge in [0.05, 0.1) is 6.54 Å². The van der Waals surface area contributed by atoms with Crippen LogP contribution in [0.1, 0.15) is 30.1 Å². The number of aromatic nitrogens is 5. The van der Waals surface area contributed by atoms with E-state index in [1.165, 1.54) is 0 Å². The number of likely N-dealkylation sites (tertiary alicyclic amines) is 1. The summed E-state index contributed by atoms with van der Waals surface area (Å²) >= 11 is 0. The zero-order valence-electron chi connectivity index (χ0n) is 17.4. The molecular weight excluding hydrogens is 406 g/mol. The molecule has 2 aromatic heterocycles. The summed E-state index contributed by atoms with van der Waals surface area (Å²) in [6, 6.07) is 19.2. The van der Waals surface area contributed by atoms with Crippen molar-refractivity contribution in [3.63, 3.8) is 0 Å². The lowest BCUT2D eigenvalue weighted by molar-refractivity contribution is 0.193. The van der Waals surface area contributed by atoms with Gasteiger partial charge in [0.1, 0.15) is 5.82 Å². The molecule has 162 valence electrons. The SMILES string of the molecule is O=C(Nc1ccccc1)N1CCC(c2nc3c(nnn3Cc3ccccc3)c(=O)[nH]2)CC1. The van der Waals surface area contributed by atoms with Crippen molar-refractivity contribution in [3.8, 4) is 0 Å². The number of H-pyrrole nitrogens is 1. The van der Waals surface area contributed by atoms with E-state index < -0.39 is 0 Å². The van der Waals surface area contributed by atoms with Crippen LogP contribution in [-0.4, -0.2) is 49.0 Å². The first kappa shape index (κ1) is 19.9. The third-order valence-corrected chi connectivity index (χ3v) is 5.76. The number of piperidine rings is 1. The van der Waals surface area contributed by atoms with Gasteiger partial charge in [-0.1, -0.05) is 53.7 Å². The first-order valence-corrected chi connectivity index (χ1v) is 10.7. The summed E-state index contributed by atoms with van der Waals surface area (Å²) in [5.74, 6) is 0.690. The fraction of sp³-hybridized carbons (Fsp3) is 0.261. The summed E-state index contributed by atoms with van der Waals surface area (Å²) in [4.78, 5) is 34.5. The maximum Gasteiger partial charge on any atom is 0.321 e. The number of carbonyl (C=O) groups is 1. The standard InChI is InChI=1S/C23H23N7O2/c31-22-19-21(30(28-27-19)15-16-7-3-1-4-8-16)25-20(26-22)17-11-13-29(14-12-17)23(32)24-18-9-5-2-6-10-18/h1-10,17H,11-15H2,(H,24,32)(H,25,26,31). The molecular formula is C23H23N7O2. The average molecular weight is 429 g/mol. The van der Waals surface area contributed by atoms with Gasteiger partial charge in [-0.15, -0.1) is 5.10 Å². The number of benzene rings is 2. The lowest BCUT2D eigenvalue weighted by Gasteiger charge is -2.31. The summed E-state index contributed by atoms with van der Waals surface area (Å²) in [5, 5.41) is 11.1. The number of hydrogen-bond donors (Lipinski definition) is 2. The van der Waals surface area contributed by atoms with Gasteiger partial charge in [-0.05, 0) is 30.5 Å². The molecule has 2 aromatic carbocycles. The number of rotatable bonds is 4. The van der Waals surface area contributed by atoms with Crippen molar-refractivity contribution in [1.82, 2.24) is 29.9 Å². The third kappa shape index (κ3) is 4.09. The molecule has 2 N–H and O–H groups in total. The number of hydrogen-bond acceptors (Lipinski definition) is 5. The predicted octanol–water partition coefficient (Wildman–Crippen LogP) is 2.97. The lowest BCUT2D eigenvalue weighted by atomic mass is 9.96. The minimum Gasteiger partial charge on any atom is -0.324 e. The molecule has 2 amide bonds. The van der Waals surface area contributed by atoms with Gasteiger partial charge in [0.2, 0.25) is 0 Å². The van der Waals surface area contributed by atoms with Crippen LogP contribution < -0.4 is 10.9 Å². The Morgan fingerprint density at radius 1 is 1.03 bits per heavy atom. The van der Waals surface area contributed by atoms with Gasteiger partial charge < -0.3 is 15.2 Å². The second-order valence-corrected chi connectivity index (χ2v) is 7.91. The van der Waals surface area contributed by atoms with Crippen molar-refractivity contribution >= 4 is 22.9 Å². The number of nitrogens with one attached hydrogen (secondary N) is 2. The molecule has 0 unspecified atom stereocenters. The lowest BCUT2D eigenvalue weighted by Crippen LogP contribution is -2.41. The third-order valence-electron chi connectivity index (χ3n) is 5.76. The molecule has 9 heteroatoms. The highest BCUT2D eigenvalue weighted by atomic mass is 16.2. The van der Waals surface area contributed by atoms with E-state index >= 15 is 0 Å².